The van der Waals surface area contributed by atoms with E-state index in [4.69, 9.17) is 11.6 Å². The molecule has 0 spiro atoms. The molecule has 13 heavy (non-hydrogen) atoms. The highest BCUT2D eigenvalue weighted by Crippen LogP contribution is 2.32. The molecule has 0 aliphatic heterocycles. The zero-order valence-corrected chi connectivity index (χ0v) is 7.80. The van der Waals surface area contributed by atoms with Gasteiger partial charge in [-0.25, -0.2) is 0 Å². The average Bonchev–Trinajstić information content (AvgIpc) is 2.08. The third-order valence-electron chi connectivity index (χ3n) is 1.32. The lowest BCUT2D eigenvalue weighted by Crippen LogP contribution is -1.88. The zero-order valence-electron chi connectivity index (χ0n) is 6.23. The Morgan fingerprint density at radius 3 is 2.85 bits per heavy atom. The third kappa shape index (κ3) is 2.09. The Morgan fingerprint density at radius 2 is 2.31 bits per heavy atom. The van der Waals surface area contributed by atoms with Gasteiger partial charge in [-0.05, 0) is 18.3 Å². The molecule has 0 aliphatic rings. The van der Waals surface area contributed by atoms with Crippen molar-refractivity contribution < 1.29 is 4.92 Å². The van der Waals surface area contributed by atoms with E-state index in [0.29, 0.717) is 0 Å². The van der Waals surface area contributed by atoms with Crippen LogP contribution in [0.3, 0.4) is 0 Å². The Balaban J connectivity index is 3.34. The summed E-state index contributed by atoms with van der Waals surface area (Å²) in [5.74, 6) is 0. The summed E-state index contributed by atoms with van der Waals surface area (Å²) in [5, 5.41) is 12.5. The van der Waals surface area contributed by atoms with Gasteiger partial charge in [-0.15, -0.1) is 0 Å². The van der Waals surface area contributed by atoms with Gasteiger partial charge in [0, 0.05) is 6.07 Å². The van der Waals surface area contributed by atoms with Crippen molar-refractivity contribution in [3.8, 4) is 0 Å². The van der Waals surface area contributed by atoms with Crippen molar-refractivity contribution in [3.05, 3.63) is 33.3 Å². The van der Waals surface area contributed by atoms with Crippen LogP contribution in [0, 0.1) is 10.1 Å². The molecular weight excluding hydrogens is 212 g/mol. The second-order valence-electron chi connectivity index (χ2n) is 2.07. The molecule has 0 saturated carbocycles. The van der Waals surface area contributed by atoms with Crippen molar-refractivity contribution in [2.75, 3.05) is 0 Å². The van der Waals surface area contributed by atoms with E-state index in [9.17, 15) is 10.1 Å². The van der Waals surface area contributed by atoms with Crippen LogP contribution in [0.4, 0.5) is 11.4 Å². The van der Waals surface area contributed by atoms with E-state index in [1.165, 1.54) is 18.2 Å². The molecule has 6 heteroatoms. The molecule has 1 aromatic rings. The van der Waals surface area contributed by atoms with E-state index < -0.39 is 4.92 Å². The van der Waals surface area contributed by atoms with Gasteiger partial charge in [0.15, 0.2) is 0 Å². The highest BCUT2D eigenvalue weighted by molar-refractivity contribution is 7.78. The first-order valence-corrected chi connectivity index (χ1v) is 3.96. The number of aliphatic imine (C=N–C) groups is 1. The lowest BCUT2D eigenvalue weighted by Gasteiger charge is -1.96. The molecule has 4 nitrogen and oxygen atoms in total. The van der Waals surface area contributed by atoms with Crippen LogP contribution in [-0.2, 0) is 0 Å². The Morgan fingerprint density at radius 1 is 1.62 bits per heavy atom. The van der Waals surface area contributed by atoms with Gasteiger partial charge in [-0.3, -0.25) is 10.1 Å². The molecule has 0 atom stereocenters. The largest absolute Gasteiger partial charge is 0.290 e. The average molecular weight is 215 g/mol. The lowest BCUT2D eigenvalue weighted by molar-refractivity contribution is -0.384. The quantitative estimate of drug-likeness (QED) is 0.329. The molecule has 0 heterocycles. The summed E-state index contributed by atoms with van der Waals surface area (Å²) in [6, 6.07) is 4.30. The molecule has 0 amide bonds. The third-order valence-corrected chi connectivity index (χ3v) is 1.80. The molecule has 1 rings (SSSR count). The molecule has 0 fully saturated rings. The van der Waals surface area contributed by atoms with Crippen molar-refractivity contribution in [1.29, 1.82) is 0 Å². The molecule has 0 unspecified atom stereocenters. The van der Waals surface area contributed by atoms with E-state index in [1.807, 2.05) is 0 Å². The molecule has 66 valence electrons. The second kappa shape index (κ2) is 4.09. The Labute approximate surface area is 84.0 Å². The van der Waals surface area contributed by atoms with E-state index in [0.717, 1.165) is 0 Å². The van der Waals surface area contributed by atoms with Crippen molar-refractivity contribution in [2.24, 2.45) is 4.99 Å². The summed E-state index contributed by atoms with van der Waals surface area (Å²) >= 11 is 10.0. The van der Waals surface area contributed by atoms with Crippen molar-refractivity contribution in [3.63, 3.8) is 0 Å². The fraction of sp³-hybridized carbons (Fsp3) is 0. The minimum atomic E-state index is -0.579. The molecule has 0 radical (unpaired) electrons. The van der Waals surface area contributed by atoms with Crippen LogP contribution < -0.4 is 0 Å². The lowest BCUT2D eigenvalue weighted by atomic mass is 10.3. The number of isothiocyanates is 1. The van der Waals surface area contributed by atoms with Gasteiger partial charge < -0.3 is 0 Å². The standard InChI is InChI=1S/C7H3ClN2O2S/c8-7-5(9-4-13)2-1-3-6(7)10(11)12/h1-3H. The van der Waals surface area contributed by atoms with Gasteiger partial charge in [0.05, 0.1) is 15.8 Å². The zero-order chi connectivity index (χ0) is 9.84. The number of thiocarbonyl (C=S) groups is 1. The van der Waals surface area contributed by atoms with Gasteiger partial charge in [-0.1, -0.05) is 17.7 Å². The summed E-state index contributed by atoms with van der Waals surface area (Å²) in [5.41, 5.74) is 0.0685. The van der Waals surface area contributed by atoms with Gasteiger partial charge in [0.25, 0.3) is 5.69 Å². The Bertz CT molecular complexity index is 381. The monoisotopic (exact) mass is 214 g/mol. The fourth-order valence-electron chi connectivity index (χ4n) is 0.784. The predicted molar refractivity (Wildman–Crippen MR) is 52.8 cm³/mol. The maximum Gasteiger partial charge on any atom is 0.290 e. The Kier molecular flexibility index (Phi) is 3.08. The number of halogens is 1. The maximum atomic E-state index is 10.4. The highest BCUT2D eigenvalue weighted by Gasteiger charge is 2.14. The number of rotatable bonds is 2. The topological polar surface area (TPSA) is 55.5 Å². The SMILES string of the molecule is O=[N+]([O-])c1cccc(N=C=S)c1Cl. The molecular formula is C7H3ClN2O2S. The minimum Gasteiger partial charge on any atom is -0.258 e. The smallest absolute Gasteiger partial charge is 0.258 e. The van der Waals surface area contributed by atoms with Crippen LogP contribution >= 0.6 is 23.8 Å². The number of benzene rings is 1. The summed E-state index contributed by atoms with van der Waals surface area (Å²) in [4.78, 5) is 13.4. The van der Waals surface area contributed by atoms with E-state index in [-0.39, 0.29) is 16.4 Å². The number of nitro groups is 1. The molecule has 0 bridgehead atoms. The molecule has 1 aromatic carbocycles. The van der Waals surface area contributed by atoms with E-state index in [1.54, 1.807) is 0 Å². The summed E-state index contributed by atoms with van der Waals surface area (Å²) in [6.07, 6.45) is 0. The van der Waals surface area contributed by atoms with E-state index >= 15 is 0 Å². The van der Waals surface area contributed by atoms with Crippen LogP contribution in [0.5, 0.6) is 0 Å². The maximum absolute atomic E-state index is 10.4. The normalized spacial score (nSPS) is 9.00. The first kappa shape index (κ1) is 9.80. The minimum absolute atomic E-state index is 0.0233. The summed E-state index contributed by atoms with van der Waals surface area (Å²) in [6.45, 7) is 0. The molecule has 0 aliphatic carbocycles. The number of hydrogen-bond acceptors (Lipinski definition) is 4. The van der Waals surface area contributed by atoms with Gasteiger partial charge in [0.2, 0.25) is 0 Å². The molecule has 0 N–H and O–H groups in total. The van der Waals surface area contributed by atoms with Crippen LogP contribution in [0.2, 0.25) is 5.02 Å². The van der Waals surface area contributed by atoms with Crippen molar-refractivity contribution in [2.45, 2.75) is 0 Å². The summed E-state index contributed by atoms with van der Waals surface area (Å²) in [7, 11) is 0. The van der Waals surface area contributed by atoms with Gasteiger partial charge in [-0.2, -0.15) is 4.99 Å². The predicted octanol–water partition coefficient (Wildman–Crippen LogP) is 2.98. The fourth-order valence-corrected chi connectivity index (χ4v) is 1.12. The van der Waals surface area contributed by atoms with Crippen LogP contribution in [0.25, 0.3) is 0 Å². The number of nitrogens with zero attached hydrogens (tertiary/aromatic N) is 2. The first-order chi connectivity index (χ1) is 6.16. The molecule has 0 saturated heterocycles. The van der Waals surface area contributed by atoms with Crippen molar-refractivity contribution >= 4 is 40.4 Å². The molecule has 0 aromatic heterocycles. The van der Waals surface area contributed by atoms with E-state index in [2.05, 4.69) is 22.4 Å². The number of hydrogen-bond donors (Lipinski definition) is 0. The second-order valence-corrected chi connectivity index (χ2v) is 2.63. The van der Waals surface area contributed by atoms with Crippen LogP contribution in [0.1, 0.15) is 0 Å². The summed E-state index contributed by atoms with van der Waals surface area (Å²) < 4.78 is 0. The van der Waals surface area contributed by atoms with Crippen molar-refractivity contribution in [1.82, 2.24) is 0 Å². The first-order valence-electron chi connectivity index (χ1n) is 3.17. The van der Waals surface area contributed by atoms with Gasteiger partial charge >= 0.3 is 0 Å². The van der Waals surface area contributed by atoms with Crippen LogP contribution in [-0.4, -0.2) is 10.1 Å². The van der Waals surface area contributed by atoms with Gasteiger partial charge in [0.1, 0.15) is 5.02 Å². The number of nitro benzene ring substituents is 1. The van der Waals surface area contributed by atoms with Crippen LogP contribution in [0.15, 0.2) is 23.2 Å². The Hall–Kier alpha value is -1.29. The highest BCUT2D eigenvalue weighted by atomic mass is 35.5.